The van der Waals surface area contributed by atoms with E-state index in [9.17, 15) is 9.59 Å². The highest BCUT2D eigenvalue weighted by Gasteiger charge is 2.19. The molecular weight excluding hydrogens is 382 g/mol. The number of carbonyl (C=O) groups excluding carboxylic acids is 1. The SMILES string of the molecule is C=CCn1c(SC(C)C(=O)NCC(C)c2ccccc2)nc2ccccc2c1=O. The molecule has 1 aromatic heterocycles. The van der Waals surface area contributed by atoms with Gasteiger partial charge in [0.1, 0.15) is 0 Å². The van der Waals surface area contributed by atoms with E-state index in [1.54, 1.807) is 16.7 Å². The molecule has 0 radical (unpaired) electrons. The highest BCUT2D eigenvalue weighted by atomic mass is 32.2. The van der Waals surface area contributed by atoms with E-state index >= 15 is 0 Å². The van der Waals surface area contributed by atoms with Gasteiger partial charge in [0.05, 0.1) is 16.2 Å². The first-order valence-corrected chi connectivity index (χ1v) is 10.5. The maximum atomic E-state index is 12.8. The zero-order chi connectivity index (χ0) is 20.8. The third-order valence-corrected chi connectivity index (χ3v) is 5.83. The van der Waals surface area contributed by atoms with Gasteiger partial charge in [0, 0.05) is 13.1 Å². The first kappa shape index (κ1) is 20.9. The Morgan fingerprint density at radius 1 is 1.17 bits per heavy atom. The molecule has 29 heavy (non-hydrogen) atoms. The van der Waals surface area contributed by atoms with Gasteiger partial charge in [-0.25, -0.2) is 4.98 Å². The van der Waals surface area contributed by atoms with Crippen LogP contribution in [0.5, 0.6) is 0 Å². The fraction of sp³-hybridized carbons (Fsp3) is 0.261. The topological polar surface area (TPSA) is 64.0 Å². The fourth-order valence-corrected chi connectivity index (χ4v) is 3.98. The summed E-state index contributed by atoms with van der Waals surface area (Å²) in [6.45, 7) is 8.54. The first-order chi connectivity index (χ1) is 14.0. The van der Waals surface area contributed by atoms with Crippen LogP contribution in [0.15, 0.2) is 77.2 Å². The second kappa shape index (κ2) is 9.56. The van der Waals surface area contributed by atoms with E-state index in [1.165, 1.54) is 17.3 Å². The molecule has 5 nitrogen and oxygen atoms in total. The summed E-state index contributed by atoms with van der Waals surface area (Å²) in [5, 5.41) is 3.71. The molecule has 3 rings (SSSR count). The zero-order valence-corrected chi connectivity index (χ0v) is 17.5. The minimum atomic E-state index is -0.387. The highest BCUT2D eigenvalue weighted by molar-refractivity contribution is 8.00. The smallest absolute Gasteiger partial charge is 0.262 e. The monoisotopic (exact) mass is 407 g/mol. The van der Waals surface area contributed by atoms with E-state index in [0.29, 0.717) is 29.1 Å². The van der Waals surface area contributed by atoms with Crippen LogP contribution in [0.4, 0.5) is 0 Å². The third kappa shape index (κ3) is 4.95. The number of hydrogen-bond acceptors (Lipinski definition) is 4. The maximum Gasteiger partial charge on any atom is 0.262 e. The molecule has 150 valence electrons. The van der Waals surface area contributed by atoms with Crippen molar-refractivity contribution in [2.24, 2.45) is 0 Å². The highest BCUT2D eigenvalue weighted by Crippen LogP contribution is 2.23. The van der Waals surface area contributed by atoms with Gasteiger partial charge in [-0.15, -0.1) is 6.58 Å². The van der Waals surface area contributed by atoms with Crippen molar-refractivity contribution < 1.29 is 4.79 Å². The summed E-state index contributed by atoms with van der Waals surface area (Å²) in [6, 6.07) is 17.3. The number of thioether (sulfide) groups is 1. The number of fused-ring (bicyclic) bond motifs is 1. The van der Waals surface area contributed by atoms with Crippen LogP contribution < -0.4 is 10.9 Å². The summed E-state index contributed by atoms with van der Waals surface area (Å²) in [5.41, 5.74) is 1.69. The third-order valence-electron chi connectivity index (χ3n) is 4.74. The van der Waals surface area contributed by atoms with Gasteiger partial charge >= 0.3 is 0 Å². The van der Waals surface area contributed by atoms with Crippen LogP contribution >= 0.6 is 11.8 Å². The van der Waals surface area contributed by atoms with Gasteiger partial charge in [-0.3, -0.25) is 14.2 Å². The molecule has 2 unspecified atom stereocenters. The van der Waals surface area contributed by atoms with E-state index in [4.69, 9.17) is 0 Å². The van der Waals surface area contributed by atoms with Crippen LogP contribution in [0.2, 0.25) is 0 Å². The Morgan fingerprint density at radius 3 is 2.59 bits per heavy atom. The number of nitrogens with one attached hydrogen (secondary N) is 1. The normalized spacial score (nSPS) is 13.0. The second-order valence-electron chi connectivity index (χ2n) is 6.93. The standard InChI is InChI=1S/C23H25N3O2S/c1-4-14-26-22(28)19-12-8-9-13-20(19)25-23(26)29-17(3)21(27)24-15-16(2)18-10-6-5-7-11-18/h4-13,16-17H,1,14-15H2,2-3H3,(H,24,27). The molecule has 0 saturated carbocycles. The van der Waals surface area contributed by atoms with Crippen molar-refractivity contribution >= 4 is 28.6 Å². The lowest BCUT2D eigenvalue weighted by Gasteiger charge is -2.17. The molecule has 6 heteroatoms. The summed E-state index contributed by atoms with van der Waals surface area (Å²) in [4.78, 5) is 30.1. The summed E-state index contributed by atoms with van der Waals surface area (Å²) in [7, 11) is 0. The maximum absolute atomic E-state index is 12.8. The van der Waals surface area contributed by atoms with E-state index in [0.717, 1.165) is 0 Å². The Balaban J connectivity index is 1.74. The molecule has 2 aromatic carbocycles. The Bertz CT molecular complexity index is 1060. The van der Waals surface area contributed by atoms with E-state index < -0.39 is 0 Å². The molecule has 0 aliphatic rings. The Kier molecular flexibility index (Phi) is 6.88. The van der Waals surface area contributed by atoms with Crippen LogP contribution in [0.3, 0.4) is 0 Å². The number of carbonyl (C=O) groups is 1. The molecule has 0 aliphatic heterocycles. The molecule has 3 aromatic rings. The van der Waals surface area contributed by atoms with Crippen LogP contribution in [0, 0.1) is 0 Å². The van der Waals surface area contributed by atoms with Crippen molar-refractivity contribution in [2.45, 2.75) is 36.7 Å². The summed E-state index contributed by atoms with van der Waals surface area (Å²) < 4.78 is 1.57. The molecule has 0 bridgehead atoms. The number of allylic oxidation sites excluding steroid dienone is 1. The molecule has 0 aliphatic carbocycles. The predicted molar refractivity (Wildman–Crippen MR) is 119 cm³/mol. The summed E-state index contributed by atoms with van der Waals surface area (Å²) in [6.07, 6.45) is 1.66. The van der Waals surface area contributed by atoms with Gasteiger partial charge in [0.2, 0.25) is 5.91 Å². The largest absolute Gasteiger partial charge is 0.355 e. The molecule has 2 atom stereocenters. The van der Waals surface area contributed by atoms with Crippen molar-refractivity contribution in [3.05, 3.63) is 83.2 Å². The molecule has 1 N–H and O–H groups in total. The van der Waals surface area contributed by atoms with Crippen molar-refractivity contribution in [2.75, 3.05) is 6.54 Å². The number of hydrogen-bond donors (Lipinski definition) is 1. The lowest BCUT2D eigenvalue weighted by atomic mass is 10.0. The fourth-order valence-electron chi connectivity index (χ4n) is 3.04. The van der Waals surface area contributed by atoms with Gasteiger partial charge < -0.3 is 5.32 Å². The van der Waals surface area contributed by atoms with Crippen LogP contribution in [-0.4, -0.2) is 27.3 Å². The Hall–Kier alpha value is -2.86. The number of nitrogens with zero attached hydrogens (tertiary/aromatic N) is 2. The van der Waals surface area contributed by atoms with Crippen LogP contribution in [-0.2, 0) is 11.3 Å². The van der Waals surface area contributed by atoms with Crippen molar-refractivity contribution in [3.63, 3.8) is 0 Å². The minimum Gasteiger partial charge on any atom is -0.355 e. The van der Waals surface area contributed by atoms with Crippen molar-refractivity contribution in [1.82, 2.24) is 14.9 Å². The molecule has 0 fully saturated rings. The molecule has 1 amide bonds. The van der Waals surface area contributed by atoms with Crippen LogP contribution in [0.25, 0.3) is 10.9 Å². The molecule has 0 saturated heterocycles. The van der Waals surface area contributed by atoms with E-state index in [-0.39, 0.29) is 22.6 Å². The Labute approximate surface area is 174 Å². The van der Waals surface area contributed by atoms with Crippen LogP contribution in [0.1, 0.15) is 25.3 Å². The first-order valence-electron chi connectivity index (χ1n) is 9.61. The zero-order valence-electron chi connectivity index (χ0n) is 16.7. The van der Waals surface area contributed by atoms with Gasteiger partial charge in [0.15, 0.2) is 5.16 Å². The number of para-hydroxylation sites is 1. The number of amides is 1. The number of rotatable bonds is 8. The molecular formula is C23H25N3O2S. The quantitative estimate of drug-likeness (QED) is 0.348. The average molecular weight is 408 g/mol. The Morgan fingerprint density at radius 2 is 1.86 bits per heavy atom. The minimum absolute atomic E-state index is 0.0784. The van der Waals surface area contributed by atoms with Gasteiger partial charge in [-0.2, -0.15) is 0 Å². The summed E-state index contributed by atoms with van der Waals surface area (Å²) in [5.74, 6) is 0.139. The van der Waals surface area contributed by atoms with Gasteiger partial charge in [-0.05, 0) is 30.5 Å². The number of aromatic nitrogens is 2. The molecule has 1 heterocycles. The van der Waals surface area contributed by atoms with E-state index in [1.807, 2.05) is 43.3 Å². The number of benzene rings is 2. The summed E-state index contributed by atoms with van der Waals surface area (Å²) >= 11 is 1.29. The van der Waals surface area contributed by atoms with Crippen molar-refractivity contribution in [1.29, 1.82) is 0 Å². The van der Waals surface area contributed by atoms with Crippen molar-refractivity contribution in [3.8, 4) is 0 Å². The van der Waals surface area contributed by atoms with Gasteiger partial charge in [-0.1, -0.05) is 67.2 Å². The molecule has 0 spiro atoms. The predicted octanol–water partition coefficient (Wildman–Crippen LogP) is 3.98. The lowest BCUT2D eigenvalue weighted by Crippen LogP contribution is -2.34. The second-order valence-corrected chi connectivity index (χ2v) is 8.24. The van der Waals surface area contributed by atoms with Gasteiger partial charge in [0.25, 0.3) is 5.56 Å². The average Bonchev–Trinajstić information content (AvgIpc) is 2.75. The van der Waals surface area contributed by atoms with E-state index in [2.05, 4.69) is 35.9 Å². The lowest BCUT2D eigenvalue weighted by molar-refractivity contribution is -0.120.